The Bertz CT molecular complexity index is 965. The molecule has 0 saturated heterocycles. The SMILES string of the molecule is Cc1cnn(CC(=O)Nc2cnn(C)c2C(=O)Nc2cnn(C)c2C)c1. The summed E-state index contributed by atoms with van der Waals surface area (Å²) in [6.45, 7) is 3.79. The zero-order chi connectivity index (χ0) is 18.8. The van der Waals surface area contributed by atoms with Gasteiger partial charge in [-0.1, -0.05) is 0 Å². The van der Waals surface area contributed by atoms with Gasteiger partial charge in [0.2, 0.25) is 5.91 Å². The summed E-state index contributed by atoms with van der Waals surface area (Å²) in [4.78, 5) is 24.9. The summed E-state index contributed by atoms with van der Waals surface area (Å²) in [5, 5.41) is 17.7. The molecule has 0 bridgehead atoms. The minimum absolute atomic E-state index is 0.0471. The Morgan fingerprint density at radius 1 is 0.962 bits per heavy atom. The van der Waals surface area contributed by atoms with E-state index in [9.17, 15) is 9.59 Å². The van der Waals surface area contributed by atoms with Gasteiger partial charge < -0.3 is 10.6 Å². The number of hydrogen-bond donors (Lipinski definition) is 2. The van der Waals surface area contributed by atoms with Crippen LogP contribution in [0.3, 0.4) is 0 Å². The molecular formula is C16H20N8O2. The van der Waals surface area contributed by atoms with Crippen molar-refractivity contribution >= 4 is 23.2 Å². The van der Waals surface area contributed by atoms with Crippen LogP contribution < -0.4 is 10.6 Å². The van der Waals surface area contributed by atoms with Crippen LogP contribution in [-0.4, -0.2) is 41.2 Å². The van der Waals surface area contributed by atoms with Gasteiger partial charge in [0.15, 0.2) is 0 Å². The summed E-state index contributed by atoms with van der Waals surface area (Å²) in [5.74, 6) is -0.681. The summed E-state index contributed by atoms with van der Waals surface area (Å²) in [6, 6.07) is 0. The van der Waals surface area contributed by atoms with Crippen LogP contribution in [-0.2, 0) is 25.4 Å². The van der Waals surface area contributed by atoms with Gasteiger partial charge in [0, 0.05) is 20.3 Å². The molecule has 3 rings (SSSR count). The number of carbonyl (C=O) groups is 2. The van der Waals surface area contributed by atoms with Gasteiger partial charge in [0.05, 0.1) is 35.7 Å². The standard InChI is InChI=1S/C16H20N8O2/c1-10-5-19-24(8-10)9-14(25)20-13-7-18-23(4)15(13)16(26)21-12-6-17-22(3)11(12)2/h5-8H,9H2,1-4H3,(H,20,25)(H,21,26). The molecule has 10 nitrogen and oxygen atoms in total. The first-order chi connectivity index (χ1) is 12.3. The lowest BCUT2D eigenvalue weighted by Crippen LogP contribution is -2.22. The number of anilines is 2. The first-order valence-corrected chi connectivity index (χ1v) is 7.96. The van der Waals surface area contributed by atoms with E-state index in [1.54, 1.807) is 37.4 Å². The molecule has 3 heterocycles. The molecule has 0 atom stereocenters. The average molecular weight is 356 g/mol. The Kier molecular flexibility index (Phi) is 4.57. The maximum atomic E-state index is 12.6. The summed E-state index contributed by atoms with van der Waals surface area (Å²) in [6.07, 6.45) is 6.45. The third kappa shape index (κ3) is 3.48. The van der Waals surface area contributed by atoms with Crippen molar-refractivity contribution in [1.82, 2.24) is 29.3 Å². The van der Waals surface area contributed by atoms with Crippen LogP contribution in [0.25, 0.3) is 0 Å². The number of aromatic nitrogens is 6. The minimum atomic E-state index is -0.383. The number of hydrogen-bond acceptors (Lipinski definition) is 5. The van der Waals surface area contributed by atoms with Gasteiger partial charge >= 0.3 is 0 Å². The predicted molar refractivity (Wildman–Crippen MR) is 94.7 cm³/mol. The molecule has 0 unspecified atom stereocenters. The normalized spacial score (nSPS) is 10.8. The monoisotopic (exact) mass is 356 g/mol. The molecule has 0 aliphatic rings. The summed E-state index contributed by atoms with van der Waals surface area (Å²) in [7, 11) is 3.43. The fraction of sp³-hybridized carbons (Fsp3) is 0.312. The zero-order valence-corrected chi connectivity index (χ0v) is 15.0. The second-order valence-electron chi connectivity index (χ2n) is 6.02. The van der Waals surface area contributed by atoms with Crippen LogP contribution in [0, 0.1) is 13.8 Å². The number of aryl methyl sites for hydroxylation is 3. The van der Waals surface area contributed by atoms with Crippen molar-refractivity contribution in [2.75, 3.05) is 10.6 Å². The van der Waals surface area contributed by atoms with Crippen molar-refractivity contribution in [3.05, 3.63) is 41.7 Å². The van der Waals surface area contributed by atoms with E-state index in [0.717, 1.165) is 11.3 Å². The van der Waals surface area contributed by atoms with Crippen LogP contribution >= 0.6 is 0 Å². The van der Waals surface area contributed by atoms with Crippen molar-refractivity contribution in [1.29, 1.82) is 0 Å². The van der Waals surface area contributed by atoms with Crippen molar-refractivity contribution in [3.63, 3.8) is 0 Å². The lowest BCUT2D eigenvalue weighted by atomic mass is 10.3. The van der Waals surface area contributed by atoms with Gasteiger partial charge in [0.1, 0.15) is 12.2 Å². The van der Waals surface area contributed by atoms with Crippen molar-refractivity contribution in [3.8, 4) is 0 Å². The molecular weight excluding hydrogens is 336 g/mol. The maximum absolute atomic E-state index is 12.6. The lowest BCUT2D eigenvalue weighted by Gasteiger charge is -2.09. The van der Waals surface area contributed by atoms with E-state index in [1.807, 2.05) is 13.8 Å². The van der Waals surface area contributed by atoms with Gasteiger partial charge in [-0.05, 0) is 19.4 Å². The number of nitrogens with zero attached hydrogens (tertiary/aromatic N) is 6. The second kappa shape index (κ2) is 6.82. The molecule has 2 amide bonds. The van der Waals surface area contributed by atoms with Crippen LogP contribution in [0.5, 0.6) is 0 Å². The van der Waals surface area contributed by atoms with Gasteiger partial charge in [-0.2, -0.15) is 15.3 Å². The molecule has 0 saturated carbocycles. The quantitative estimate of drug-likeness (QED) is 0.704. The predicted octanol–water partition coefficient (Wildman–Crippen LogP) is 0.858. The average Bonchev–Trinajstić information content (AvgIpc) is 3.23. The van der Waals surface area contributed by atoms with E-state index in [4.69, 9.17) is 0 Å². The highest BCUT2D eigenvalue weighted by Crippen LogP contribution is 2.18. The van der Waals surface area contributed by atoms with Crippen LogP contribution in [0.4, 0.5) is 11.4 Å². The van der Waals surface area contributed by atoms with Gasteiger partial charge in [-0.15, -0.1) is 0 Å². The molecule has 0 aliphatic carbocycles. The largest absolute Gasteiger partial charge is 0.321 e. The molecule has 26 heavy (non-hydrogen) atoms. The van der Waals surface area contributed by atoms with E-state index in [1.165, 1.54) is 15.6 Å². The first kappa shape index (κ1) is 17.4. The molecule has 0 aromatic carbocycles. The highest BCUT2D eigenvalue weighted by molar-refractivity contribution is 6.09. The first-order valence-electron chi connectivity index (χ1n) is 7.96. The molecule has 3 aromatic rings. The van der Waals surface area contributed by atoms with Crippen LogP contribution in [0.15, 0.2) is 24.8 Å². The van der Waals surface area contributed by atoms with Crippen LogP contribution in [0.2, 0.25) is 0 Å². The molecule has 2 N–H and O–H groups in total. The van der Waals surface area contributed by atoms with Crippen LogP contribution in [0.1, 0.15) is 21.7 Å². The molecule has 0 aliphatic heterocycles. The molecule has 136 valence electrons. The van der Waals surface area contributed by atoms with Gasteiger partial charge in [-0.3, -0.25) is 23.6 Å². The van der Waals surface area contributed by atoms with Gasteiger partial charge in [-0.25, -0.2) is 0 Å². The number of nitrogens with one attached hydrogen (secondary N) is 2. The molecule has 0 radical (unpaired) electrons. The third-order valence-corrected chi connectivity index (χ3v) is 3.98. The maximum Gasteiger partial charge on any atom is 0.276 e. The minimum Gasteiger partial charge on any atom is -0.321 e. The topological polar surface area (TPSA) is 112 Å². The Morgan fingerprint density at radius 3 is 2.27 bits per heavy atom. The molecule has 10 heteroatoms. The zero-order valence-electron chi connectivity index (χ0n) is 15.0. The van der Waals surface area contributed by atoms with E-state index < -0.39 is 0 Å². The Labute approximate surface area is 149 Å². The van der Waals surface area contributed by atoms with E-state index in [2.05, 4.69) is 25.9 Å². The number of carbonyl (C=O) groups excluding carboxylic acids is 2. The van der Waals surface area contributed by atoms with Crippen molar-refractivity contribution in [2.45, 2.75) is 20.4 Å². The summed E-state index contributed by atoms with van der Waals surface area (Å²) < 4.78 is 4.60. The third-order valence-electron chi connectivity index (χ3n) is 3.98. The van der Waals surface area contributed by atoms with Crippen molar-refractivity contribution < 1.29 is 9.59 Å². The summed E-state index contributed by atoms with van der Waals surface area (Å²) in [5.41, 5.74) is 2.97. The Hall–Kier alpha value is -3.43. The second-order valence-corrected chi connectivity index (χ2v) is 6.02. The summed E-state index contributed by atoms with van der Waals surface area (Å²) >= 11 is 0. The highest BCUT2D eigenvalue weighted by atomic mass is 16.2. The van der Waals surface area contributed by atoms with Gasteiger partial charge in [0.25, 0.3) is 5.91 Å². The van der Waals surface area contributed by atoms with E-state index in [0.29, 0.717) is 11.4 Å². The molecule has 3 aromatic heterocycles. The highest BCUT2D eigenvalue weighted by Gasteiger charge is 2.20. The smallest absolute Gasteiger partial charge is 0.276 e. The fourth-order valence-corrected chi connectivity index (χ4v) is 2.49. The Morgan fingerprint density at radius 2 is 1.65 bits per heavy atom. The fourth-order valence-electron chi connectivity index (χ4n) is 2.49. The van der Waals surface area contributed by atoms with E-state index in [-0.39, 0.29) is 24.1 Å². The van der Waals surface area contributed by atoms with Crippen molar-refractivity contribution in [2.24, 2.45) is 14.1 Å². The molecule has 0 spiro atoms. The lowest BCUT2D eigenvalue weighted by molar-refractivity contribution is -0.116. The molecule has 0 fully saturated rings. The Balaban J connectivity index is 1.74. The van der Waals surface area contributed by atoms with E-state index >= 15 is 0 Å². The number of rotatable bonds is 5. The number of amides is 2.